The molecule has 0 unspecified atom stereocenters. The van der Waals surface area contributed by atoms with Gasteiger partial charge < -0.3 is 14.5 Å². The minimum absolute atomic E-state index is 0.0942. The highest BCUT2D eigenvalue weighted by atomic mass is 16.6. The van der Waals surface area contributed by atoms with Crippen LogP contribution >= 0.6 is 0 Å². The zero-order valence-corrected chi connectivity index (χ0v) is 11.8. The summed E-state index contributed by atoms with van der Waals surface area (Å²) in [5.41, 5.74) is 0.0802. The molecule has 1 rings (SSSR count). The summed E-state index contributed by atoms with van der Waals surface area (Å²) < 4.78 is 5.00. The number of carbonyl (C=O) groups is 2. The van der Waals surface area contributed by atoms with Gasteiger partial charge in [-0.2, -0.15) is 0 Å². The van der Waals surface area contributed by atoms with Crippen molar-refractivity contribution in [3.05, 3.63) is 11.8 Å². The van der Waals surface area contributed by atoms with Crippen LogP contribution in [0.3, 0.4) is 0 Å². The molecule has 1 heterocycles. The Bertz CT molecular complexity index is 372. The first-order valence-electron chi connectivity index (χ1n) is 6.11. The standard InChI is InChI=1S/C13H22N2O3/c1-6-18-12(17)15-8-10(7-14(4)5)11(16)13(2,3)9-15/h7H,6,8-9H2,1-5H3/b10-7+. The van der Waals surface area contributed by atoms with E-state index >= 15 is 0 Å². The van der Waals surface area contributed by atoms with Gasteiger partial charge in [0.2, 0.25) is 0 Å². The lowest BCUT2D eigenvalue weighted by Gasteiger charge is -2.37. The Labute approximate surface area is 108 Å². The molecule has 5 nitrogen and oxygen atoms in total. The minimum atomic E-state index is -0.563. The van der Waals surface area contributed by atoms with Crippen molar-refractivity contribution in [2.45, 2.75) is 20.8 Å². The Morgan fingerprint density at radius 1 is 1.50 bits per heavy atom. The van der Waals surface area contributed by atoms with E-state index in [1.807, 2.05) is 32.8 Å². The van der Waals surface area contributed by atoms with Crippen LogP contribution in [0.2, 0.25) is 0 Å². The lowest BCUT2D eigenvalue weighted by Crippen LogP contribution is -2.50. The Morgan fingerprint density at radius 3 is 2.61 bits per heavy atom. The predicted octanol–water partition coefficient (Wildman–Crippen LogP) is 1.50. The molecule has 0 spiro atoms. The monoisotopic (exact) mass is 254 g/mol. The molecule has 0 aromatic carbocycles. The summed E-state index contributed by atoms with van der Waals surface area (Å²) in [6.45, 7) is 6.54. The van der Waals surface area contributed by atoms with Crippen LogP contribution in [0.1, 0.15) is 20.8 Å². The first kappa shape index (κ1) is 14.5. The van der Waals surface area contributed by atoms with Crippen LogP contribution in [0.15, 0.2) is 11.8 Å². The first-order valence-corrected chi connectivity index (χ1v) is 6.11. The number of Topliss-reactive ketones (excluding diaryl/α,β-unsaturated/α-hetero) is 1. The van der Waals surface area contributed by atoms with E-state index in [2.05, 4.69) is 0 Å². The van der Waals surface area contributed by atoms with Gasteiger partial charge in [-0.25, -0.2) is 4.79 Å². The van der Waals surface area contributed by atoms with Crippen molar-refractivity contribution < 1.29 is 14.3 Å². The third-order valence-electron chi connectivity index (χ3n) is 2.79. The second-order valence-electron chi connectivity index (χ2n) is 5.39. The molecule has 0 aliphatic carbocycles. The smallest absolute Gasteiger partial charge is 0.410 e. The van der Waals surface area contributed by atoms with Gasteiger partial charge in [-0.3, -0.25) is 4.79 Å². The molecule has 0 aromatic heterocycles. The van der Waals surface area contributed by atoms with Crippen LogP contribution in [0.5, 0.6) is 0 Å². The number of carbonyl (C=O) groups excluding carboxylic acids is 2. The lowest BCUT2D eigenvalue weighted by molar-refractivity contribution is -0.126. The summed E-state index contributed by atoms with van der Waals surface area (Å²) in [7, 11) is 3.72. The van der Waals surface area contributed by atoms with Crippen LogP contribution < -0.4 is 0 Å². The summed E-state index contributed by atoms with van der Waals surface area (Å²) >= 11 is 0. The molecule has 1 aliphatic rings. The van der Waals surface area contributed by atoms with Gasteiger partial charge in [0.25, 0.3) is 0 Å². The quantitative estimate of drug-likeness (QED) is 0.701. The van der Waals surface area contributed by atoms with Gasteiger partial charge in [0.05, 0.1) is 13.2 Å². The van der Waals surface area contributed by atoms with Crippen LogP contribution in [0, 0.1) is 5.41 Å². The Hall–Kier alpha value is -1.52. The molecule has 1 fully saturated rings. The number of nitrogens with zero attached hydrogens (tertiary/aromatic N) is 2. The second kappa shape index (κ2) is 5.42. The molecular weight excluding hydrogens is 232 g/mol. The zero-order valence-electron chi connectivity index (χ0n) is 11.8. The van der Waals surface area contributed by atoms with Crippen LogP contribution in [-0.2, 0) is 9.53 Å². The number of ketones is 1. The Balaban J connectivity index is 2.95. The van der Waals surface area contributed by atoms with E-state index in [1.54, 1.807) is 18.0 Å². The summed E-state index contributed by atoms with van der Waals surface area (Å²) in [4.78, 5) is 27.4. The van der Waals surface area contributed by atoms with Gasteiger partial charge in [-0.05, 0) is 6.92 Å². The van der Waals surface area contributed by atoms with E-state index in [-0.39, 0.29) is 11.9 Å². The predicted molar refractivity (Wildman–Crippen MR) is 69.2 cm³/mol. The maximum absolute atomic E-state index is 12.2. The third-order valence-corrected chi connectivity index (χ3v) is 2.79. The van der Waals surface area contributed by atoms with Crippen molar-refractivity contribution in [1.29, 1.82) is 0 Å². The number of likely N-dealkylation sites (tertiary alicyclic amines) is 1. The number of rotatable bonds is 2. The van der Waals surface area contributed by atoms with E-state index in [0.717, 1.165) is 0 Å². The fourth-order valence-corrected chi connectivity index (χ4v) is 2.07. The van der Waals surface area contributed by atoms with Gasteiger partial charge in [-0.15, -0.1) is 0 Å². The number of hydrogen-bond donors (Lipinski definition) is 0. The highest BCUT2D eigenvalue weighted by Crippen LogP contribution is 2.28. The molecule has 0 N–H and O–H groups in total. The van der Waals surface area contributed by atoms with Crippen molar-refractivity contribution in [1.82, 2.24) is 9.80 Å². The molecule has 102 valence electrons. The summed E-state index contributed by atoms with van der Waals surface area (Å²) in [5.74, 6) is 0.0942. The summed E-state index contributed by atoms with van der Waals surface area (Å²) in [5, 5.41) is 0. The van der Waals surface area contributed by atoms with Crippen molar-refractivity contribution in [2.75, 3.05) is 33.8 Å². The fourth-order valence-electron chi connectivity index (χ4n) is 2.07. The van der Waals surface area contributed by atoms with Gasteiger partial charge in [0.15, 0.2) is 5.78 Å². The molecule has 0 aromatic rings. The SMILES string of the molecule is CCOC(=O)N1C/C(=C\N(C)C)C(=O)C(C)(C)C1. The topological polar surface area (TPSA) is 49.9 Å². The second-order valence-corrected chi connectivity index (χ2v) is 5.39. The third kappa shape index (κ3) is 3.24. The van der Waals surface area contributed by atoms with E-state index in [9.17, 15) is 9.59 Å². The normalized spacial score (nSPS) is 21.1. The van der Waals surface area contributed by atoms with E-state index in [4.69, 9.17) is 4.74 Å². The summed E-state index contributed by atoms with van der Waals surface area (Å²) in [6.07, 6.45) is 1.41. The molecule has 18 heavy (non-hydrogen) atoms. The van der Waals surface area contributed by atoms with E-state index in [1.165, 1.54) is 0 Å². The molecule has 5 heteroatoms. The minimum Gasteiger partial charge on any atom is -0.450 e. The van der Waals surface area contributed by atoms with Gasteiger partial charge in [0, 0.05) is 37.8 Å². The largest absolute Gasteiger partial charge is 0.450 e. The molecule has 0 saturated carbocycles. The molecule has 0 bridgehead atoms. The van der Waals surface area contributed by atoms with Gasteiger partial charge in [-0.1, -0.05) is 13.8 Å². The van der Waals surface area contributed by atoms with E-state index in [0.29, 0.717) is 25.3 Å². The molecule has 1 aliphatic heterocycles. The molecule has 1 amide bonds. The Morgan fingerprint density at radius 2 is 2.11 bits per heavy atom. The Kier molecular flexibility index (Phi) is 4.38. The maximum Gasteiger partial charge on any atom is 0.410 e. The number of ether oxygens (including phenoxy) is 1. The van der Waals surface area contributed by atoms with Gasteiger partial charge in [0.1, 0.15) is 0 Å². The summed E-state index contributed by atoms with van der Waals surface area (Å²) in [6, 6.07) is 0. The van der Waals surface area contributed by atoms with Crippen LogP contribution in [0.4, 0.5) is 4.79 Å². The number of hydrogen-bond acceptors (Lipinski definition) is 4. The molecular formula is C13H22N2O3. The lowest BCUT2D eigenvalue weighted by atomic mass is 9.80. The zero-order chi connectivity index (χ0) is 13.9. The first-order chi connectivity index (χ1) is 8.27. The molecule has 0 atom stereocenters. The highest BCUT2D eigenvalue weighted by molar-refractivity contribution is 6.01. The van der Waals surface area contributed by atoms with Crippen LogP contribution in [-0.4, -0.2) is 55.5 Å². The number of piperidine rings is 1. The number of amides is 1. The van der Waals surface area contributed by atoms with Crippen molar-refractivity contribution >= 4 is 11.9 Å². The van der Waals surface area contributed by atoms with E-state index < -0.39 is 5.41 Å². The fraction of sp³-hybridized carbons (Fsp3) is 0.692. The average Bonchev–Trinajstić information content (AvgIpc) is 2.24. The molecule has 1 saturated heterocycles. The highest BCUT2D eigenvalue weighted by Gasteiger charge is 2.39. The van der Waals surface area contributed by atoms with Crippen LogP contribution in [0.25, 0.3) is 0 Å². The van der Waals surface area contributed by atoms with Gasteiger partial charge >= 0.3 is 6.09 Å². The maximum atomic E-state index is 12.2. The van der Waals surface area contributed by atoms with Crippen molar-refractivity contribution in [3.8, 4) is 0 Å². The molecule has 0 radical (unpaired) electrons. The van der Waals surface area contributed by atoms with Crippen molar-refractivity contribution in [3.63, 3.8) is 0 Å². The van der Waals surface area contributed by atoms with Crippen molar-refractivity contribution in [2.24, 2.45) is 5.41 Å². The average molecular weight is 254 g/mol.